The molecule has 3 rings (SSSR count). The third-order valence-electron chi connectivity index (χ3n) is 6.92. The van der Waals surface area contributed by atoms with Crippen LogP contribution >= 0.6 is 30.7 Å². The van der Waals surface area contributed by atoms with Gasteiger partial charge in [-0.3, -0.25) is 4.57 Å². The van der Waals surface area contributed by atoms with Crippen LogP contribution in [-0.4, -0.2) is 55.0 Å². The standard InChI is InChI=1S/C29H48N5O4PS2/c1-25(21-34-23-33-27-28(30)31-22-32-29(27)34)37-24-39(35,36)38-17-14-19-40-18-12-10-8-6-4-2-3-5-7-9-11-15-26-16-13-20-41-26/h13,16,20,22-23,25H,2-12,14-15,17-19,21,24H2,1H3,(H,35,36)(H2,30,31,32)/t25-/m1/s1. The molecule has 0 aliphatic carbocycles. The number of hydrogen-bond donors (Lipinski definition) is 2. The van der Waals surface area contributed by atoms with Gasteiger partial charge in [0, 0.05) is 4.88 Å². The summed E-state index contributed by atoms with van der Waals surface area (Å²) in [5.74, 6) is 2.39. The maximum Gasteiger partial charge on any atom is 0.353 e. The van der Waals surface area contributed by atoms with Crippen molar-refractivity contribution in [1.29, 1.82) is 0 Å². The molecule has 0 radical (unpaired) electrons. The number of thiophene rings is 1. The van der Waals surface area contributed by atoms with E-state index in [1.807, 2.05) is 30.0 Å². The fourth-order valence-electron chi connectivity index (χ4n) is 4.64. The summed E-state index contributed by atoms with van der Waals surface area (Å²) >= 11 is 3.78. The van der Waals surface area contributed by atoms with Gasteiger partial charge in [-0.05, 0) is 55.6 Å². The van der Waals surface area contributed by atoms with Crippen LogP contribution in [0.4, 0.5) is 5.82 Å². The Morgan fingerprint density at radius 3 is 2.39 bits per heavy atom. The van der Waals surface area contributed by atoms with Crippen molar-refractivity contribution in [3.05, 3.63) is 35.0 Å². The zero-order chi connectivity index (χ0) is 29.2. The molecule has 12 heteroatoms. The molecule has 3 N–H and O–H groups in total. The number of aromatic nitrogens is 4. The topological polar surface area (TPSA) is 125 Å². The van der Waals surface area contributed by atoms with Crippen LogP contribution < -0.4 is 5.73 Å². The number of unbranched alkanes of at least 4 members (excludes halogenated alkanes) is 10. The maximum atomic E-state index is 12.3. The van der Waals surface area contributed by atoms with Gasteiger partial charge < -0.3 is 24.5 Å². The van der Waals surface area contributed by atoms with Crippen molar-refractivity contribution in [1.82, 2.24) is 19.5 Å². The average molecular weight is 626 g/mol. The first-order valence-corrected chi connectivity index (χ1v) is 18.8. The number of ether oxygens (including phenoxy) is 1. The van der Waals surface area contributed by atoms with Crippen molar-refractivity contribution in [2.24, 2.45) is 0 Å². The largest absolute Gasteiger partial charge is 0.382 e. The number of nitrogen functional groups attached to an aromatic ring is 1. The van der Waals surface area contributed by atoms with Crippen LogP contribution in [0.2, 0.25) is 0 Å². The van der Waals surface area contributed by atoms with Crippen LogP contribution in [0.15, 0.2) is 30.2 Å². The van der Waals surface area contributed by atoms with E-state index in [4.69, 9.17) is 15.0 Å². The highest BCUT2D eigenvalue weighted by Crippen LogP contribution is 2.42. The lowest BCUT2D eigenvalue weighted by molar-refractivity contribution is 0.0718. The van der Waals surface area contributed by atoms with E-state index in [0.717, 1.165) is 17.9 Å². The van der Waals surface area contributed by atoms with E-state index in [2.05, 4.69) is 32.5 Å². The molecule has 1 unspecified atom stereocenters. The lowest BCUT2D eigenvalue weighted by Crippen LogP contribution is -2.17. The van der Waals surface area contributed by atoms with Crippen molar-refractivity contribution in [2.45, 2.75) is 103 Å². The first-order chi connectivity index (χ1) is 19.9. The highest BCUT2D eigenvalue weighted by molar-refractivity contribution is 7.99. The predicted octanol–water partition coefficient (Wildman–Crippen LogP) is 7.69. The van der Waals surface area contributed by atoms with Crippen molar-refractivity contribution in [3.63, 3.8) is 0 Å². The quantitative estimate of drug-likeness (QED) is 0.0761. The number of rotatable bonds is 24. The normalized spacial score (nSPS) is 14.0. The number of thioether (sulfide) groups is 1. The summed E-state index contributed by atoms with van der Waals surface area (Å²) in [5.41, 5.74) is 6.95. The van der Waals surface area contributed by atoms with E-state index in [0.29, 0.717) is 23.5 Å². The van der Waals surface area contributed by atoms with Gasteiger partial charge in [0.1, 0.15) is 18.2 Å². The van der Waals surface area contributed by atoms with E-state index < -0.39 is 7.60 Å². The molecule has 3 aromatic rings. The highest BCUT2D eigenvalue weighted by atomic mass is 32.2. The number of fused-ring (bicyclic) bond motifs is 1. The highest BCUT2D eigenvalue weighted by Gasteiger charge is 2.21. The number of anilines is 1. The molecular weight excluding hydrogens is 577 g/mol. The van der Waals surface area contributed by atoms with Crippen LogP contribution in [0.5, 0.6) is 0 Å². The van der Waals surface area contributed by atoms with E-state index in [1.165, 1.54) is 88.3 Å². The molecule has 41 heavy (non-hydrogen) atoms. The van der Waals surface area contributed by atoms with Crippen molar-refractivity contribution in [2.75, 3.05) is 30.2 Å². The minimum absolute atomic E-state index is 0.259. The summed E-state index contributed by atoms with van der Waals surface area (Å²) in [6, 6.07) is 4.40. The van der Waals surface area contributed by atoms with Crippen LogP contribution in [0, 0.1) is 0 Å². The van der Waals surface area contributed by atoms with Crippen molar-refractivity contribution >= 4 is 47.7 Å². The Labute approximate surface area is 253 Å². The molecule has 2 atom stereocenters. The third-order valence-corrected chi connectivity index (χ3v) is 10.1. The van der Waals surface area contributed by atoms with Crippen molar-refractivity contribution in [3.8, 4) is 0 Å². The maximum absolute atomic E-state index is 12.3. The average Bonchev–Trinajstić information content (AvgIpc) is 3.62. The molecule has 0 saturated heterocycles. The number of hydrogen-bond acceptors (Lipinski definition) is 9. The van der Waals surface area contributed by atoms with E-state index >= 15 is 0 Å². The Morgan fingerprint density at radius 1 is 1.00 bits per heavy atom. The Bertz CT molecular complexity index is 1150. The molecular formula is C29H48N5O4PS2. The van der Waals surface area contributed by atoms with Crippen LogP contribution in [0.25, 0.3) is 11.2 Å². The summed E-state index contributed by atoms with van der Waals surface area (Å²) in [5, 5.41) is 2.17. The molecule has 9 nitrogen and oxygen atoms in total. The van der Waals surface area contributed by atoms with Gasteiger partial charge in [-0.25, -0.2) is 15.0 Å². The van der Waals surface area contributed by atoms with Crippen LogP contribution in [0.3, 0.4) is 0 Å². The molecule has 0 spiro atoms. The molecule has 0 aliphatic rings. The van der Waals surface area contributed by atoms with Gasteiger partial charge in [0.15, 0.2) is 11.5 Å². The second kappa shape index (κ2) is 19.7. The summed E-state index contributed by atoms with van der Waals surface area (Å²) in [6.07, 6.45) is 19.1. The predicted molar refractivity (Wildman–Crippen MR) is 172 cm³/mol. The van der Waals surface area contributed by atoms with Crippen LogP contribution in [-0.2, 0) is 26.8 Å². The van der Waals surface area contributed by atoms with Gasteiger partial charge in [-0.2, -0.15) is 11.8 Å². The molecule has 230 valence electrons. The molecule has 0 bridgehead atoms. The van der Waals surface area contributed by atoms with E-state index in [-0.39, 0.29) is 19.1 Å². The van der Waals surface area contributed by atoms with Gasteiger partial charge >= 0.3 is 7.60 Å². The molecule has 0 saturated carbocycles. The molecule has 3 heterocycles. The minimum atomic E-state index is -3.79. The van der Waals surface area contributed by atoms with Gasteiger partial charge in [-0.1, -0.05) is 63.9 Å². The smallest absolute Gasteiger partial charge is 0.353 e. The summed E-state index contributed by atoms with van der Waals surface area (Å²) in [7, 11) is -3.79. The van der Waals surface area contributed by atoms with Crippen molar-refractivity contribution < 1.29 is 18.7 Å². The number of nitrogens with zero attached hydrogens (tertiary/aromatic N) is 4. The van der Waals surface area contributed by atoms with Gasteiger partial charge in [0.05, 0.1) is 25.6 Å². The summed E-state index contributed by atoms with van der Waals surface area (Å²) < 4.78 is 25.0. The zero-order valence-electron chi connectivity index (χ0n) is 24.5. The van der Waals surface area contributed by atoms with E-state index in [1.54, 1.807) is 10.9 Å². The Kier molecular flexibility index (Phi) is 16.3. The number of nitrogens with two attached hydrogens (primary N) is 1. The van der Waals surface area contributed by atoms with Gasteiger partial charge in [0.25, 0.3) is 0 Å². The molecule has 0 fully saturated rings. The fraction of sp³-hybridized carbons (Fsp3) is 0.690. The molecule has 0 aromatic carbocycles. The Hall–Kier alpha value is -1.49. The lowest BCUT2D eigenvalue weighted by atomic mass is 10.1. The van der Waals surface area contributed by atoms with E-state index in [9.17, 15) is 9.46 Å². The first kappa shape index (κ1) is 34.0. The van der Waals surface area contributed by atoms with Gasteiger partial charge in [-0.15, -0.1) is 11.3 Å². The second-order valence-corrected chi connectivity index (χ2v) is 14.6. The molecule has 0 aliphatic heterocycles. The lowest BCUT2D eigenvalue weighted by Gasteiger charge is -2.17. The number of imidazole rings is 1. The number of aryl methyl sites for hydroxylation is 1. The second-order valence-electron chi connectivity index (χ2n) is 10.6. The zero-order valence-corrected chi connectivity index (χ0v) is 27.0. The third kappa shape index (κ3) is 14.0. The summed E-state index contributed by atoms with van der Waals surface area (Å²) in [6.45, 7) is 2.50. The Morgan fingerprint density at radius 2 is 1.68 bits per heavy atom. The van der Waals surface area contributed by atoms with Gasteiger partial charge in [0.2, 0.25) is 0 Å². The molecule has 3 aromatic heterocycles. The molecule has 0 amide bonds. The monoisotopic (exact) mass is 625 g/mol. The van der Waals surface area contributed by atoms with Crippen LogP contribution in [0.1, 0.15) is 88.9 Å². The summed E-state index contributed by atoms with van der Waals surface area (Å²) in [4.78, 5) is 24.0. The fourth-order valence-corrected chi connectivity index (χ4v) is 7.26. The Balaban J connectivity index is 1.07. The first-order valence-electron chi connectivity index (χ1n) is 15.0. The SMILES string of the molecule is C[C@H](Cn1cnc2c(N)ncnc21)OCP(=O)(O)OCCCSCCCCCCCCCCCCCc1cccs1. The minimum Gasteiger partial charge on any atom is -0.382 e.